The van der Waals surface area contributed by atoms with E-state index in [1.165, 1.54) is 0 Å². The zero-order valence-electron chi connectivity index (χ0n) is 12.3. The summed E-state index contributed by atoms with van der Waals surface area (Å²) < 4.78 is 2.01. The Bertz CT molecular complexity index is 843. The summed E-state index contributed by atoms with van der Waals surface area (Å²) in [6.07, 6.45) is 1.76. The van der Waals surface area contributed by atoms with E-state index in [4.69, 9.17) is 0 Å². The highest BCUT2D eigenvalue weighted by Crippen LogP contribution is 2.26. The van der Waals surface area contributed by atoms with Gasteiger partial charge in [-0.25, -0.2) is 0 Å². The third kappa shape index (κ3) is 2.51. The molecule has 2 aromatic carbocycles. The fourth-order valence-electron chi connectivity index (χ4n) is 2.47. The van der Waals surface area contributed by atoms with Crippen molar-refractivity contribution in [1.82, 2.24) is 19.7 Å². The summed E-state index contributed by atoms with van der Waals surface area (Å²) in [7, 11) is 0. The molecule has 0 saturated heterocycles. The van der Waals surface area contributed by atoms with Gasteiger partial charge in [0.05, 0.1) is 0 Å². The highest BCUT2D eigenvalue weighted by molar-refractivity contribution is 5.64. The van der Waals surface area contributed by atoms with Crippen molar-refractivity contribution in [2.45, 2.75) is 0 Å². The lowest BCUT2D eigenvalue weighted by molar-refractivity contribution is 1.06. The van der Waals surface area contributed by atoms with Gasteiger partial charge in [-0.2, -0.15) is 0 Å². The van der Waals surface area contributed by atoms with E-state index < -0.39 is 0 Å². The summed E-state index contributed by atoms with van der Waals surface area (Å²) in [4.78, 5) is 4.41. The van der Waals surface area contributed by atoms with Gasteiger partial charge in [-0.3, -0.25) is 9.55 Å². The van der Waals surface area contributed by atoms with E-state index >= 15 is 0 Å². The second-order valence-electron chi connectivity index (χ2n) is 5.01. The molecule has 0 amide bonds. The van der Waals surface area contributed by atoms with Crippen molar-refractivity contribution in [3.63, 3.8) is 0 Å². The van der Waals surface area contributed by atoms with E-state index in [-0.39, 0.29) is 0 Å². The molecular formula is C19H13N4. The lowest BCUT2D eigenvalue weighted by Crippen LogP contribution is -2.01. The Labute approximate surface area is 134 Å². The van der Waals surface area contributed by atoms with Crippen LogP contribution in [0.4, 0.5) is 0 Å². The minimum absolute atomic E-state index is 0.712. The van der Waals surface area contributed by atoms with E-state index in [0.717, 1.165) is 22.8 Å². The van der Waals surface area contributed by atoms with Crippen molar-refractivity contribution in [2.24, 2.45) is 0 Å². The van der Waals surface area contributed by atoms with Crippen LogP contribution in [0.2, 0.25) is 0 Å². The van der Waals surface area contributed by atoms with Gasteiger partial charge in [0.2, 0.25) is 0 Å². The molecule has 4 aromatic rings. The maximum absolute atomic E-state index is 4.41. The van der Waals surface area contributed by atoms with Gasteiger partial charge in [-0.05, 0) is 30.3 Å². The zero-order valence-corrected chi connectivity index (χ0v) is 12.3. The molecule has 0 fully saturated rings. The molecule has 0 aliphatic rings. The molecule has 0 saturated carbocycles. The Hall–Kier alpha value is -3.27. The maximum atomic E-state index is 4.41. The topological polar surface area (TPSA) is 43.6 Å². The van der Waals surface area contributed by atoms with Gasteiger partial charge in [-0.1, -0.05) is 48.5 Å². The minimum atomic E-state index is 0.712. The molecule has 109 valence electrons. The molecule has 0 aliphatic heterocycles. The molecule has 4 nitrogen and oxygen atoms in total. The van der Waals surface area contributed by atoms with E-state index in [2.05, 4.69) is 21.2 Å². The van der Waals surface area contributed by atoms with Crippen LogP contribution in [-0.4, -0.2) is 19.7 Å². The van der Waals surface area contributed by atoms with E-state index in [9.17, 15) is 0 Å². The molecule has 2 aromatic heterocycles. The third-order valence-corrected chi connectivity index (χ3v) is 3.52. The summed E-state index contributed by atoms with van der Waals surface area (Å²) in [6, 6.07) is 26.8. The number of hydrogen-bond acceptors (Lipinski definition) is 3. The number of rotatable bonds is 3. The predicted octanol–water partition coefficient (Wildman–Crippen LogP) is 3.80. The average molecular weight is 297 g/mol. The van der Waals surface area contributed by atoms with Crippen LogP contribution in [0.15, 0.2) is 79.0 Å². The molecule has 23 heavy (non-hydrogen) atoms. The Morgan fingerprint density at radius 3 is 2.26 bits per heavy atom. The van der Waals surface area contributed by atoms with Crippen LogP contribution in [0.3, 0.4) is 0 Å². The molecule has 0 bridgehead atoms. The van der Waals surface area contributed by atoms with Gasteiger partial charge in [0, 0.05) is 17.4 Å². The van der Waals surface area contributed by atoms with Gasteiger partial charge in [0.15, 0.2) is 11.6 Å². The molecular weight excluding hydrogens is 284 g/mol. The SMILES string of the molecule is [c]1ccccc1-c1nnc(-c2ccccn2)n1-c1ccccc1. The standard InChI is InChI=1S/C19H13N4/c1-3-9-15(10-4-1)18-21-22-19(17-13-7-8-14-20-17)23(18)16-11-5-2-6-12-16/h1-9,11-14H. The smallest absolute Gasteiger partial charge is 0.187 e. The monoisotopic (exact) mass is 297 g/mol. The van der Waals surface area contributed by atoms with Crippen LogP contribution < -0.4 is 0 Å². The first-order chi connectivity index (χ1) is 11.4. The maximum Gasteiger partial charge on any atom is 0.187 e. The highest BCUT2D eigenvalue weighted by Gasteiger charge is 2.17. The number of pyridine rings is 1. The Kier molecular flexibility index (Phi) is 3.41. The Morgan fingerprint density at radius 1 is 0.739 bits per heavy atom. The van der Waals surface area contributed by atoms with Crippen LogP contribution in [0.1, 0.15) is 0 Å². The normalized spacial score (nSPS) is 10.6. The number of hydrogen-bond donors (Lipinski definition) is 0. The molecule has 0 N–H and O–H groups in total. The lowest BCUT2D eigenvalue weighted by Gasteiger charge is -2.10. The summed E-state index contributed by atoms with van der Waals surface area (Å²) in [5, 5.41) is 8.75. The van der Waals surface area contributed by atoms with Crippen molar-refractivity contribution < 1.29 is 0 Å². The first-order valence-electron chi connectivity index (χ1n) is 7.33. The fraction of sp³-hybridized carbons (Fsp3) is 0. The lowest BCUT2D eigenvalue weighted by atomic mass is 10.2. The predicted molar refractivity (Wildman–Crippen MR) is 88.9 cm³/mol. The van der Waals surface area contributed by atoms with E-state index in [1.807, 2.05) is 77.4 Å². The molecule has 0 aliphatic carbocycles. The highest BCUT2D eigenvalue weighted by atomic mass is 15.3. The van der Waals surface area contributed by atoms with Crippen molar-refractivity contribution in [3.8, 4) is 28.6 Å². The van der Waals surface area contributed by atoms with Crippen LogP contribution in [-0.2, 0) is 0 Å². The first-order valence-corrected chi connectivity index (χ1v) is 7.33. The summed E-state index contributed by atoms with van der Waals surface area (Å²) in [5.74, 6) is 1.46. The Balaban J connectivity index is 1.97. The molecule has 0 spiro atoms. The van der Waals surface area contributed by atoms with Crippen molar-refractivity contribution >= 4 is 0 Å². The van der Waals surface area contributed by atoms with Gasteiger partial charge < -0.3 is 0 Å². The zero-order chi connectivity index (χ0) is 15.5. The van der Waals surface area contributed by atoms with Gasteiger partial charge in [0.25, 0.3) is 0 Å². The van der Waals surface area contributed by atoms with Gasteiger partial charge in [-0.15, -0.1) is 10.2 Å². The summed E-state index contributed by atoms with van der Waals surface area (Å²) in [6.45, 7) is 0. The van der Waals surface area contributed by atoms with Gasteiger partial charge >= 0.3 is 0 Å². The summed E-state index contributed by atoms with van der Waals surface area (Å²) >= 11 is 0. The molecule has 2 heterocycles. The molecule has 4 rings (SSSR count). The van der Waals surface area contributed by atoms with Crippen LogP contribution in [0.5, 0.6) is 0 Å². The average Bonchev–Trinajstić information content (AvgIpc) is 3.09. The van der Waals surface area contributed by atoms with Crippen molar-refractivity contribution in [3.05, 3.63) is 85.1 Å². The quantitative estimate of drug-likeness (QED) is 0.578. The summed E-state index contributed by atoms with van der Waals surface area (Å²) in [5.41, 5.74) is 2.67. The second-order valence-corrected chi connectivity index (χ2v) is 5.01. The van der Waals surface area contributed by atoms with E-state index in [1.54, 1.807) is 6.20 Å². The largest absolute Gasteiger partial charge is 0.274 e. The number of nitrogens with zero attached hydrogens (tertiary/aromatic N) is 4. The van der Waals surface area contributed by atoms with Crippen molar-refractivity contribution in [2.75, 3.05) is 0 Å². The first kappa shape index (κ1) is 13.4. The molecule has 4 heteroatoms. The van der Waals surface area contributed by atoms with Crippen LogP contribution in [0, 0.1) is 6.07 Å². The second kappa shape index (κ2) is 5.85. The molecule has 0 atom stereocenters. The fourth-order valence-corrected chi connectivity index (χ4v) is 2.47. The molecule has 0 unspecified atom stereocenters. The number of benzene rings is 2. The third-order valence-electron chi connectivity index (χ3n) is 3.52. The van der Waals surface area contributed by atoms with Crippen LogP contribution >= 0.6 is 0 Å². The minimum Gasteiger partial charge on any atom is -0.274 e. The number of para-hydroxylation sites is 1. The van der Waals surface area contributed by atoms with E-state index in [0.29, 0.717) is 5.82 Å². The van der Waals surface area contributed by atoms with Gasteiger partial charge in [0.1, 0.15) is 5.69 Å². The molecule has 1 radical (unpaired) electrons. The van der Waals surface area contributed by atoms with Crippen LogP contribution in [0.25, 0.3) is 28.6 Å². The number of aromatic nitrogens is 4. The van der Waals surface area contributed by atoms with Crippen molar-refractivity contribution in [1.29, 1.82) is 0 Å². The Morgan fingerprint density at radius 2 is 1.52 bits per heavy atom.